The summed E-state index contributed by atoms with van der Waals surface area (Å²) in [5.41, 5.74) is 7.37. The average Bonchev–Trinajstić information content (AvgIpc) is 3.37. The predicted octanol–water partition coefficient (Wildman–Crippen LogP) is 7.24. The van der Waals surface area contributed by atoms with E-state index in [1.165, 1.54) is 4.90 Å². The maximum atomic E-state index is 13.2. The van der Waals surface area contributed by atoms with Crippen LogP contribution in [0.5, 0.6) is 5.75 Å². The van der Waals surface area contributed by atoms with Crippen molar-refractivity contribution in [2.45, 2.75) is 40.5 Å². The van der Waals surface area contributed by atoms with Crippen LogP contribution in [0.1, 0.15) is 47.8 Å². The van der Waals surface area contributed by atoms with Crippen molar-refractivity contribution in [1.82, 2.24) is 9.47 Å². The first kappa shape index (κ1) is 29.5. The number of carbonyl (C=O) groups excluding carboxylic acids is 2. The van der Waals surface area contributed by atoms with Crippen molar-refractivity contribution in [2.75, 3.05) is 44.4 Å². The third-order valence-corrected chi connectivity index (χ3v) is 9.08. The van der Waals surface area contributed by atoms with Gasteiger partial charge in [-0.3, -0.25) is 14.5 Å². The molecule has 0 radical (unpaired) electrons. The Kier molecular flexibility index (Phi) is 8.97. The normalized spacial score (nSPS) is 16.9. The van der Waals surface area contributed by atoms with Crippen LogP contribution in [-0.2, 0) is 9.53 Å². The number of anilines is 1. The quantitative estimate of drug-likeness (QED) is 0.243. The second kappa shape index (κ2) is 12.5. The van der Waals surface area contributed by atoms with Gasteiger partial charge in [0.15, 0.2) is 0 Å². The van der Waals surface area contributed by atoms with Gasteiger partial charge in [0.2, 0.25) is 0 Å². The number of rotatable bonds is 8. The van der Waals surface area contributed by atoms with Crippen molar-refractivity contribution in [3.8, 4) is 11.4 Å². The topological polar surface area (TPSA) is 64.0 Å². The fourth-order valence-corrected chi connectivity index (χ4v) is 6.82. The summed E-state index contributed by atoms with van der Waals surface area (Å²) in [5, 5.41) is -0.269. The summed E-state index contributed by atoms with van der Waals surface area (Å²) >= 11 is 4.75. The number of halogens is 1. The molecule has 7 nitrogen and oxygen atoms in total. The van der Waals surface area contributed by atoms with Crippen LogP contribution in [0.25, 0.3) is 11.8 Å². The molecule has 0 atom stereocenters. The van der Waals surface area contributed by atoms with Crippen molar-refractivity contribution >= 4 is 50.6 Å². The Hall–Kier alpha value is -3.01. The second-order valence-corrected chi connectivity index (χ2v) is 12.6. The molecule has 2 aliphatic rings. The fraction of sp³-hybridized carbons (Fsp3) is 0.375. The van der Waals surface area contributed by atoms with Gasteiger partial charge in [0.1, 0.15) is 12.4 Å². The third-order valence-electron chi connectivity index (χ3n) is 7.54. The SMILES string of the molecule is Cc1ccc(C(C)C)c(OCCN2C(=O)S/C(=C\c3cc(C)n(-c4ccc(N5CCOCC5)c(Br)c4)c3C)C2=O)c1. The number of benzene rings is 2. The number of hydrogen-bond acceptors (Lipinski definition) is 6. The van der Waals surface area contributed by atoms with E-state index in [1.807, 2.05) is 32.9 Å². The van der Waals surface area contributed by atoms with E-state index >= 15 is 0 Å². The van der Waals surface area contributed by atoms with Crippen LogP contribution in [0.2, 0.25) is 0 Å². The van der Waals surface area contributed by atoms with E-state index in [-0.39, 0.29) is 24.3 Å². The molecular formula is C32H36BrN3O4S. The molecule has 0 unspecified atom stereocenters. The van der Waals surface area contributed by atoms with E-state index in [9.17, 15) is 9.59 Å². The van der Waals surface area contributed by atoms with Gasteiger partial charge in [-0.1, -0.05) is 26.0 Å². The van der Waals surface area contributed by atoms with Gasteiger partial charge in [-0.05, 0) is 107 Å². The molecule has 2 amide bonds. The molecule has 0 aliphatic carbocycles. The third kappa shape index (κ3) is 6.27. The number of aryl methyl sites for hydroxylation is 2. The van der Waals surface area contributed by atoms with Crippen LogP contribution >= 0.6 is 27.7 Å². The summed E-state index contributed by atoms with van der Waals surface area (Å²) in [7, 11) is 0. The molecular weight excluding hydrogens is 602 g/mol. The zero-order valence-electron chi connectivity index (χ0n) is 24.2. The largest absolute Gasteiger partial charge is 0.491 e. The minimum Gasteiger partial charge on any atom is -0.491 e. The highest BCUT2D eigenvalue weighted by atomic mass is 79.9. The summed E-state index contributed by atoms with van der Waals surface area (Å²) in [6, 6.07) is 14.6. The van der Waals surface area contributed by atoms with E-state index in [0.29, 0.717) is 10.8 Å². The Bertz CT molecular complexity index is 1510. The molecule has 9 heteroatoms. The number of aromatic nitrogens is 1. The van der Waals surface area contributed by atoms with Gasteiger partial charge >= 0.3 is 0 Å². The Morgan fingerprint density at radius 2 is 1.80 bits per heavy atom. The van der Waals surface area contributed by atoms with E-state index in [1.54, 1.807) is 0 Å². The lowest BCUT2D eigenvalue weighted by Crippen LogP contribution is -2.36. The highest BCUT2D eigenvalue weighted by molar-refractivity contribution is 9.10. The fourth-order valence-electron chi connectivity index (χ4n) is 5.35. The Balaban J connectivity index is 1.30. The van der Waals surface area contributed by atoms with Crippen molar-refractivity contribution in [2.24, 2.45) is 0 Å². The smallest absolute Gasteiger partial charge is 0.293 e. The van der Waals surface area contributed by atoms with Gasteiger partial charge in [0.05, 0.1) is 30.4 Å². The number of ether oxygens (including phenoxy) is 2. The summed E-state index contributed by atoms with van der Waals surface area (Å²) in [4.78, 5) is 30.0. The van der Waals surface area contributed by atoms with Gasteiger partial charge in [-0.15, -0.1) is 0 Å². The van der Waals surface area contributed by atoms with Gasteiger partial charge in [0.25, 0.3) is 11.1 Å². The molecule has 0 bridgehead atoms. The summed E-state index contributed by atoms with van der Waals surface area (Å²) < 4.78 is 14.7. The molecule has 2 aromatic carbocycles. The molecule has 5 rings (SSSR count). The minimum absolute atomic E-state index is 0.204. The van der Waals surface area contributed by atoms with E-state index in [2.05, 4.69) is 75.6 Å². The first-order chi connectivity index (χ1) is 19.6. The number of amides is 2. The maximum absolute atomic E-state index is 13.2. The first-order valence-electron chi connectivity index (χ1n) is 13.9. The first-order valence-corrected chi connectivity index (χ1v) is 15.5. The number of nitrogens with zero attached hydrogens (tertiary/aromatic N) is 3. The van der Waals surface area contributed by atoms with Crippen LogP contribution in [0.4, 0.5) is 10.5 Å². The average molecular weight is 639 g/mol. The lowest BCUT2D eigenvalue weighted by Gasteiger charge is -2.30. The molecule has 3 aromatic rings. The van der Waals surface area contributed by atoms with Crippen LogP contribution in [0.3, 0.4) is 0 Å². The van der Waals surface area contributed by atoms with Crippen molar-refractivity contribution in [1.29, 1.82) is 0 Å². The molecule has 2 saturated heterocycles. The highest BCUT2D eigenvalue weighted by Gasteiger charge is 2.35. The van der Waals surface area contributed by atoms with Crippen LogP contribution in [0.15, 0.2) is 51.8 Å². The molecule has 216 valence electrons. The van der Waals surface area contributed by atoms with E-state index in [0.717, 1.165) is 87.7 Å². The minimum atomic E-state index is -0.278. The number of hydrogen-bond donors (Lipinski definition) is 0. The standard InChI is InChI=1S/C32H36BrN3O4S/c1-20(2)26-8-6-21(3)16-29(26)40-15-12-35-31(37)30(41-32(35)38)18-24-17-22(4)36(23(24)5)25-7-9-28(27(33)19-25)34-10-13-39-14-11-34/h6-9,16-20H,10-15H2,1-5H3/b30-18-. The van der Waals surface area contributed by atoms with Crippen LogP contribution in [0, 0.1) is 20.8 Å². The van der Waals surface area contributed by atoms with Crippen LogP contribution in [-0.4, -0.2) is 60.1 Å². The molecule has 1 aromatic heterocycles. The van der Waals surface area contributed by atoms with Crippen molar-refractivity contribution in [3.63, 3.8) is 0 Å². The number of morpholine rings is 1. The summed E-state index contributed by atoms with van der Waals surface area (Å²) in [5.74, 6) is 0.840. The van der Waals surface area contributed by atoms with Gasteiger partial charge in [-0.2, -0.15) is 0 Å². The molecule has 0 saturated carbocycles. The van der Waals surface area contributed by atoms with E-state index < -0.39 is 0 Å². The molecule has 41 heavy (non-hydrogen) atoms. The molecule has 0 spiro atoms. The molecule has 0 N–H and O–H groups in total. The van der Waals surface area contributed by atoms with Gasteiger partial charge < -0.3 is 18.9 Å². The summed E-state index contributed by atoms with van der Waals surface area (Å²) in [6.45, 7) is 14.0. The van der Waals surface area contributed by atoms with E-state index in [4.69, 9.17) is 9.47 Å². The number of thioether (sulfide) groups is 1. The Morgan fingerprint density at radius 1 is 1.05 bits per heavy atom. The maximum Gasteiger partial charge on any atom is 0.293 e. The lowest BCUT2D eigenvalue weighted by atomic mass is 10.0. The zero-order valence-corrected chi connectivity index (χ0v) is 26.6. The van der Waals surface area contributed by atoms with Gasteiger partial charge in [0, 0.05) is 34.6 Å². The summed E-state index contributed by atoms with van der Waals surface area (Å²) in [6.07, 6.45) is 1.83. The number of imide groups is 1. The lowest BCUT2D eigenvalue weighted by molar-refractivity contribution is -0.123. The van der Waals surface area contributed by atoms with Gasteiger partial charge in [-0.25, -0.2) is 0 Å². The predicted molar refractivity (Wildman–Crippen MR) is 169 cm³/mol. The second-order valence-electron chi connectivity index (χ2n) is 10.8. The zero-order chi connectivity index (χ0) is 29.3. The Morgan fingerprint density at radius 3 is 2.51 bits per heavy atom. The highest BCUT2D eigenvalue weighted by Crippen LogP contribution is 2.35. The van der Waals surface area contributed by atoms with Crippen molar-refractivity contribution < 1.29 is 19.1 Å². The molecule has 2 fully saturated rings. The molecule has 3 heterocycles. The van der Waals surface area contributed by atoms with Crippen LogP contribution < -0.4 is 9.64 Å². The Labute approximate surface area is 254 Å². The monoisotopic (exact) mass is 637 g/mol. The van der Waals surface area contributed by atoms with Crippen molar-refractivity contribution in [3.05, 3.63) is 79.9 Å². The molecule has 2 aliphatic heterocycles. The number of carbonyl (C=O) groups is 2.